The summed E-state index contributed by atoms with van der Waals surface area (Å²) in [5, 5.41) is 6.43. The molecule has 6 heteroatoms. The Kier molecular flexibility index (Phi) is 2.88. The third kappa shape index (κ3) is 1.82. The monoisotopic (exact) mass is 212 g/mol. The number of aromatic nitrogens is 3. The van der Waals surface area contributed by atoms with Crippen LogP contribution in [0.2, 0.25) is 0 Å². The zero-order chi connectivity index (χ0) is 10.8. The predicted octanol–water partition coefficient (Wildman–Crippen LogP) is -0.0574. The van der Waals surface area contributed by atoms with Crippen molar-refractivity contribution in [3.8, 4) is 0 Å². The molecule has 2 heterocycles. The smallest absolute Gasteiger partial charge is 0.343 e. The van der Waals surface area contributed by atoms with Gasteiger partial charge in [0, 0.05) is 6.61 Å². The highest BCUT2D eigenvalue weighted by Gasteiger charge is 2.24. The van der Waals surface area contributed by atoms with E-state index < -0.39 is 0 Å². The summed E-state index contributed by atoms with van der Waals surface area (Å²) in [6.07, 6.45) is 1.61. The molecule has 0 radical (unpaired) electrons. The van der Waals surface area contributed by atoms with Crippen LogP contribution >= 0.6 is 0 Å². The Morgan fingerprint density at radius 2 is 2.60 bits per heavy atom. The van der Waals surface area contributed by atoms with Crippen LogP contribution in [0.3, 0.4) is 0 Å². The average molecular weight is 212 g/mol. The highest BCUT2D eigenvalue weighted by molar-refractivity contribution is 4.97. The maximum Gasteiger partial charge on any atom is 0.343 e. The summed E-state index contributed by atoms with van der Waals surface area (Å²) in [6, 6.07) is -0.103. The second-order valence-electron chi connectivity index (χ2n) is 3.79. The normalized spacial score (nSPS) is 23.2. The van der Waals surface area contributed by atoms with Crippen molar-refractivity contribution in [1.29, 1.82) is 0 Å². The molecule has 84 valence electrons. The third-order valence-corrected chi connectivity index (χ3v) is 2.77. The molecule has 1 aliphatic heterocycles. The molecule has 1 fully saturated rings. The van der Waals surface area contributed by atoms with Gasteiger partial charge in [-0.15, -0.1) is 0 Å². The van der Waals surface area contributed by atoms with Crippen LogP contribution in [0.25, 0.3) is 0 Å². The van der Waals surface area contributed by atoms with Gasteiger partial charge in [-0.3, -0.25) is 4.57 Å². The van der Waals surface area contributed by atoms with E-state index in [4.69, 9.17) is 10.5 Å². The van der Waals surface area contributed by atoms with Crippen molar-refractivity contribution in [2.75, 3.05) is 13.2 Å². The second kappa shape index (κ2) is 4.16. The predicted molar refractivity (Wildman–Crippen MR) is 54.5 cm³/mol. The molecule has 0 spiro atoms. The van der Waals surface area contributed by atoms with Gasteiger partial charge in [-0.2, -0.15) is 5.10 Å². The lowest BCUT2D eigenvalue weighted by Gasteiger charge is -2.14. The van der Waals surface area contributed by atoms with Gasteiger partial charge in [0.15, 0.2) is 5.82 Å². The molecular weight excluding hydrogens is 196 g/mol. The minimum atomic E-state index is -0.190. The van der Waals surface area contributed by atoms with E-state index in [-0.39, 0.29) is 17.8 Å². The highest BCUT2D eigenvalue weighted by Crippen LogP contribution is 2.20. The number of hydrogen-bond donors (Lipinski definition) is 2. The Balaban J connectivity index is 2.35. The fourth-order valence-corrected chi connectivity index (χ4v) is 1.84. The maximum absolute atomic E-state index is 11.6. The van der Waals surface area contributed by atoms with E-state index in [9.17, 15) is 4.79 Å². The van der Waals surface area contributed by atoms with E-state index in [1.54, 1.807) is 4.57 Å². The van der Waals surface area contributed by atoms with Gasteiger partial charge in [0.1, 0.15) is 0 Å². The van der Waals surface area contributed by atoms with Crippen molar-refractivity contribution < 1.29 is 4.74 Å². The summed E-state index contributed by atoms with van der Waals surface area (Å²) in [5.41, 5.74) is 5.70. The summed E-state index contributed by atoms with van der Waals surface area (Å²) >= 11 is 0. The van der Waals surface area contributed by atoms with Gasteiger partial charge < -0.3 is 10.5 Å². The molecule has 1 saturated heterocycles. The average Bonchev–Trinajstić information content (AvgIpc) is 2.85. The van der Waals surface area contributed by atoms with Crippen LogP contribution in [0.15, 0.2) is 4.79 Å². The van der Waals surface area contributed by atoms with Crippen molar-refractivity contribution in [1.82, 2.24) is 14.8 Å². The number of hydrogen-bond acceptors (Lipinski definition) is 4. The van der Waals surface area contributed by atoms with E-state index in [0.717, 1.165) is 12.8 Å². The van der Waals surface area contributed by atoms with Gasteiger partial charge in [0.05, 0.1) is 18.7 Å². The number of nitrogens with one attached hydrogen (secondary N) is 1. The molecule has 1 unspecified atom stereocenters. The summed E-state index contributed by atoms with van der Waals surface area (Å²) < 4.78 is 6.90. The molecular formula is C9H16N4O2. The fourth-order valence-electron chi connectivity index (χ4n) is 1.84. The molecule has 0 aromatic carbocycles. The fraction of sp³-hybridized carbons (Fsp3) is 0.778. The Bertz CT molecular complexity index is 378. The minimum Gasteiger partial charge on any atom is -0.379 e. The number of rotatable bonds is 3. The van der Waals surface area contributed by atoms with Crippen LogP contribution in [-0.4, -0.2) is 28.0 Å². The molecule has 15 heavy (non-hydrogen) atoms. The highest BCUT2D eigenvalue weighted by atomic mass is 16.5. The third-order valence-electron chi connectivity index (χ3n) is 2.77. The minimum absolute atomic E-state index is 0.0869. The summed E-state index contributed by atoms with van der Waals surface area (Å²) in [5.74, 6) is 0.637. The lowest BCUT2D eigenvalue weighted by molar-refractivity contribution is 0.185. The number of nitrogens with two attached hydrogens (primary N) is 1. The van der Waals surface area contributed by atoms with E-state index in [0.29, 0.717) is 19.0 Å². The summed E-state index contributed by atoms with van der Waals surface area (Å²) in [6.45, 7) is 3.24. The van der Waals surface area contributed by atoms with Crippen LogP contribution in [-0.2, 0) is 4.74 Å². The topological polar surface area (TPSA) is 85.9 Å². The molecule has 0 aliphatic carbocycles. The van der Waals surface area contributed by atoms with E-state index in [1.165, 1.54) is 0 Å². The molecule has 0 saturated carbocycles. The first-order valence-electron chi connectivity index (χ1n) is 5.24. The van der Waals surface area contributed by atoms with Crippen molar-refractivity contribution in [3.63, 3.8) is 0 Å². The lowest BCUT2D eigenvalue weighted by Crippen LogP contribution is -2.27. The van der Waals surface area contributed by atoms with Crippen LogP contribution in [0.1, 0.15) is 37.7 Å². The molecule has 2 atom stereocenters. The second-order valence-corrected chi connectivity index (χ2v) is 3.79. The Labute approximate surface area is 87.4 Å². The van der Waals surface area contributed by atoms with E-state index in [1.807, 2.05) is 6.92 Å². The largest absolute Gasteiger partial charge is 0.379 e. The SMILES string of the molecule is CC[C@H](N)c1n[nH]c(=O)n1C1CCOC1. The molecule has 6 nitrogen and oxygen atoms in total. The zero-order valence-electron chi connectivity index (χ0n) is 8.77. The van der Waals surface area contributed by atoms with Gasteiger partial charge in [0.25, 0.3) is 0 Å². The molecule has 1 aliphatic rings. The number of aromatic amines is 1. The van der Waals surface area contributed by atoms with E-state index >= 15 is 0 Å². The molecule has 2 rings (SSSR count). The quantitative estimate of drug-likeness (QED) is 0.735. The Morgan fingerprint density at radius 1 is 1.80 bits per heavy atom. The van der Waals surface area contributed by atoms with Crippen LogP contribution in [0, 0.1) is 0 Å². The van der Waals surface area contributed by atoms with Crippen LogP contribution < -0.4 is 11.4 Å². The maximum atomic E-state index is 11.6. The van der Waals surface area contributed by atoms with Crippen molar-refractivity contribution in [2.45, 2.75) is 31.8 Å². The molecule has 1 aromatic rings. The first-order chi connectivity index (χ1) is 7.24. The molecule has 0 bridgehead atoms. The zero-order valence-corrected chi connectivity index (χ0v) is 8.77. The van der Waals surface area contributed by atoms with Gasteiger partial charge in [0.2, 0.25) is 0 Å². The van der Waals surface area contributed by atoms with Gasteiger partial charge >= 0.3 is 5.69 Å². The van der Waals surface area contributed by atoms with E-state index in [2.05, 4.69) is 10.2 Å². The van der Waals surface area contributed by atoms with Gasteiger partial charge in [-0.25, -0.2) is 9.89 Å². The van der Waals surface area contributed by atoms with Crippen molar-refractivity contribution in [2.24, 2.45) is 5.73 Å². The van der Waals surface area contributed by atoms with Crippen LogP contribution in [0.5, 0.6) is 0 Å². The lowest BCUT2D eigenvalue weighted by atomic mass is 10.2. The number of H-pyrrole nitrogens is 1. The van der Waals surface area contributed by atoms with Crippen molar-refractivity contribution >= 4 is 0 Å². The molecule has 0 amide bonds. The Morgan fingerprint density at radius 3 is 3.20 bits per heavy atom. The molecule has 3 N–H and O–H groups in total. The van der Waals surface area contributed by atoms with Crippen molar-refractivity contribution in [3.05, 3.63) is 16.3 Å². The first kappa shape index (κ1) is 10.4. The van der Waals surface area contributed by atoms with Crippen LogP contribution in [0.4, 0.5) is 0 Å². The number of nitrogens with zero attached hydrogens (tertiary/aromatic N) is 2. The van der Waals surface area contributed by atoms with Gasteiger partial charge in [-0.1, -0.05) is 6.92 Å². The first-order valence-corrected chi connectivity index (χ1v) is 5.24. The summed E-state index contributed by atoms with van der Waals surface area (Å²) in [4.78, 5) is 11.6. The molecule has 1 aromatic heterocycles. The number of ether oxygens (including phenoxy) is 1. The standard InChI is InChI=1S/C9H16N4O2/c1-2-7(10)8-11-12-9(14)13(8)6-3-4-15-5-6/h6-7H,2-5,10H2,1H3,(H,12,14)/t6?,7-/m0/s1. The summed E-state index contributed by atoms with van der Waals surface area (Å²) in [7, 11) is 0. The Hall–Kier alpha value is -1.14. The van der Waals surface area contributed by atoms with Gasteiger partial charge in [-0.05, 0) is 12.8 Å².